The summed E-state index contributed by atoms with van der Waals surface area (Å²) in [4.78, 5) is 34.0. The molecule has 3 heterocycles. The van der Waals surface area contributed by atoms with Gasteiger partial charge in [0, 0.05) is 38.6 Å². The number of anilines is 1. The molecule has 3 rings (SSSR count). The van der Waals surface area contributed by atoms with Gasteiger partial charge in [0.2, 0.25) is 0 Å². The second-order valence-electron chi connectivity index (χ2n) is 6.10. The normalized spacial score (nSPS) is 15.3. The van der Waals surface area contributed by atoms with Crippen molar-refractivity contribution in [3.8, 4) is 0 Å². The van der Waals surface area contributed by atoms with Crippen molar-refractivity contribution in [1.82, 2.24) is 24.8 Å². The maximum Gasteiger partial charge on any atom is 0.274 e. The molecule has 0 N–H and O–H groups in total. The maximum atomic E-state index is 12.6. The summed E-state index contributed by atoms with van der Waals surface area (Å²) in [6.07, 6.45) is 5.85. The molecule has 0 spiro atoms. The predicted molar refractivity (Wildman–Crippen MR) is 91.0 cm³/mol. The maximum absolute atomic E-state index is 12.6. The van der Waals surface area contributed by atoms with Crippen molar-refractivity contribution in [2.24, 2.45) is 0 Å². The standard InChI is InChI=1S/C17H22N6O/c1-12-9-20-15(11-18-12)17(24)23-6-4-5-22(7-8-23)16-14(3)19-10-13(2)21-16/h9-11H,4-8H2,1-3H3. The lowest BCUT2D eigenvalue weighted by Crippen LogP contribution is -2.36. The molecular formula is C17H22N6O. The minimum absolute atomic E-state index is 0.0589. The zero-order valence-electron chi connectivity index (χ0n) is 14.4. The van der Waals surface area contributed by atoms with Crippen LogP contribution in [0.15, 0.2) is 18.6 Å². The smallest absolute Gasteiger partial charge is 0.274 e. The largest absolute Gasteiger partial charge is 0.353 e. The van der Waals surface area contributed by atoms with Gasteiger partial charge in [-0.1, -0.05) is 0 Å². The third-order valence-electron chi connectivity index (χ3n) is 4.13. The molecule has 1 amide bonds. The molecule has 0 atom stereocenters. The number of aryl methyl sites for hydroxylation is 3. The first kappa shape index (κ1) is 16.3. The van der Waals surface area contributed by atoms with E-state index in [0.717, 1.165) is 42.4 Å². The third kappa shape index (κ3) is 3.50. The number of aromatic nitrogens is 4. The number of rotatable bonds is 2. The highest BCUT2D eigenvalue weighted by Crippen LogP contribution is 2.18. The van der Waals surface area contributed by atoms with Gasteiger partial charge in [0.1, 0.15) is 11.5 Å². The number of hydrogen-bond donors (Lipinski definition) is 0. The summed E-state index contributed by atoms with van der Waals surface area (Å²) in [6, 6.07) is 0. The van der Waals surface area contributed by atoms with Crippen LogP contribution in [0, 0.1) is 20.8 Å². The molecule has 0 bridgehead atoms. The number of hydrogen-bond acceptors (Lipinski definition) is 6. The molecule has 2 aromatic heterocycles. The summed E-state index contributed by atoms with van der Waals surface area (Å²) in [5.41, 5.74) is 3.04. The SMILES string of the molecule is Cc1cnc(C(=O)N2CCCN(c3nc(C)cnc3C)CC2)cn1. The highest BCUT2D eigenvalue weighted by molar-refractivity contribution is 5.92. The first-order valence-electron chi connectivity index (χ1n) is 8.17. The molecular weight excluding hydrogens is 304 g/mol. The lowest BCUT2D eigenvalue weighted by atomic mass is 10.3. The van der Waals surface area contributed by atoms with Gasteiger partial charge >= 0.3 is 0 Å². The fourth-order valence-electron chi connectivity index (χ4n) is 2.82. The van der Waals surface area contributed by atoms with Crippen LogP contribution in [0.25, 0.3) is 0 Å². The average molecular weight is 326 g/mol. The second-order valence-corrected chi connectivity index (χ2v) is 6.10. The Morgan fingerprint density at radius 3 is 2.46 bits per heavy atom. The van der Waals surface area contributed by atoms with E-state index in [9.17, 15) is 4.79 Å². The van der Waals surface area contributed by atoms with E-state index in [1.54, 1.807) is 18.6 Å². The van der Waals surface area contributed by atoms with Crippen LogP contribution >= 0.6 is 0 Å². The molecule has 24 heavy (non-hydrogen) atoms. The fourth-order valence-corrected chi connectivity index (χ4v) is 2.82. The van der Waals surface area contributed by atoms with Crippen LogP contribution in [0.5, 0.6) is 0 Å². The molecule has 7 nitrogen and oxygen atoms in total. The molecule has 1 saturated heterocycles. The second kappa shape index (κ2) is 6.90. The molecule has 1 fully saturated rings. The Labute approximate surface area is 141 Å². The van der Waals surface area contributed by atoms with Gasteiger partial charge in [0.15, 0.2) is 0 Å². The van der Waals surface area contributed by atoms with Crippen molar-refractivity contribution in [2.75, 3.05) is 31.1 Å². The Bertz CT molecular complexity index is 730. The molecule has 0 saturated carbocycles. The monoisotopic (exact) mass is 326 g/mol. The summed E-state index contributed by atoms with van der Waals surface area (Å²) in [5, 5.41) is 0. The van der Waals surface area contributed by atoms with Crippen LogP contribution in [-0.2, 0) is 0 Å². The van der Waals surface area contributed by atoms with Crippen molar-refractivity contribution < 1.29 is 4.79 Å². The Balaban J connectivity index is 1.72. The van der Waals surface area contributed by atoms with Crippen molar-refractivity contribution >= 4 is 11.7 Å². The van der Waals surface area contributed by atoms with Gasteiger partial charge in [-0.2, -0.15) is 0 Å². The van der Waals surface area contributed by atoms with E-state index in [1.165, 1.54) is 0 Å². The van der Waals surface area contributed by atoms with Gasteiger partial charge in [-0.25, -0.2) is 9.97 Å². The highest BCUT2D eigenvalue weighted by atomic mass is 16.2. The summed E-state index contributed by atoms with van der Waals surface area (Å²) >= 11 is 0. The number of carbonyl (C=O) groups excluding carboxylic acids is 1. The van der Waals surface area contributed by atoms with Gasteiger partial charge in [-0.15, -0.1) is 0 Å². The third-order valence-corrected chi connectivity index (χ3v) is 4.13. The zero-order chi connectivity index (χ0) is 17.1. The number of amides is 1. The van der Waals surface area contributed by atoms with E-state index in [0.29, 0.717) is 18.8 Å². The summed E-state index contributed by atoms with van der Waals surface area (Å²) in [7, 11) is 0. The van der Waals surface area contributed by atoms with Gasteiger partial charge in [0.05, 0.1) is 23.3 Å². The van der Waals surface area contributed by atoms with Crippen molar-refractivity contribution in [2.45, 2.75) is 27.2 Å². The minimum atomic E-state index is -0.0589. The van der Waals surface area contributed by atoms with Gasteiger partial charge in [-0.3, -0.25) is 14.8 Å². The van der Waals surface area contributed by atoms with E-state index >= 15 is 0 Å². The van der Waals surface area contributed by atoms with E-state index in [4.69, 9.17) is 0 Å². The first-order chi connectivity index (χ1) is 11.5. The van der Waals surface area contributed by atoms with Gasteiger partial charge < -0.3 is 9.80 Å². The van der Waals surface area contributed by atoms with Gasteiger partial charge in [-0.05, 0) is 27.2 Å². The highest BCUT2D eigenvalue weighted by Gasteiger charge is 2.23. The van der Waals surface area contributed by atoms with Crippen LogP contribution in [0.2, 0.25) is 0 Å². The summed E-state index contributed by atoms with van der Waals surface area (Å²) in [5.74, 6) is 0.857. The molecule has 0 aliphatic carbocycles. The molecule has 0 unspecified atom stereocenters. The minimum Gasteiger partial charge on any atom is -0.353 e. The Kier molecular flexibility index (Phi) is 4.69. The van der Waals surface area contributed by atoms with E-state index in [2.05, 4.69) is 24.8 Å². The number of carbonyl (C=O) groups is 1. The van der Waals surface area contributed by atoms with Crippen LogP contribution in [-0.4, -0.2) is 56.9 Å². The van der Waals surface area contributed by atoms with Crippen LogP contribution < -0.4 is 4.90 Å². The molecule has 2 aromatic rings. The van der Waals surface area contributed by atoms with E-state index < -0.39 is 0 Å². The fraction of sp³-hybridized carbons (Fsp3) is 0.471. The Morgan fingerprint density at radius 2 is 1.71 bits per heavy atom. The van der Waals surface area contributed by atoms with Crippen molar-refractivity contribution in [3.05, 3.63) is 41.4 Å². The number of nitrogens with zero attached hydrogens (tertiary/aromatic N) is 6. The van der Waals surface area contributed by atoms with E-state index in [1.807, 2.05) is 25.7 Å². The molecule has 0 radical (unpaired) electrons. The topological polar surface area (TPSA) is 75.1 Å². The molecule has 126 valence electrons. The van der Waals surface area contributed by atoms with Crippen molar-refractivity contribution in [1.29, 1.82) is 0 Å². The van der Waals surface area contributed by atoms with Crippen LogP contribution in [0.1, 0.15) is 34.0 Å². The lowest BCUT2D eigenvalue weighted by molar-refractivity contribution is 0.0760. The van der Waals surface area contributed by atoms with Crippen LogP contribution in [0.3, 0.4) is 0 Å². The van der Waals surface area contributed by atoms with Crippen LogP contribution in [0.4, 0.5) is 5.82 Å². The Hall–Kier alpha value is -2.57. The summed E-state index contributed by atoms with van der Waals surface area (Å²) in [6.45, 7) is 8.73. The van der Waals surface area contributed by atoms with Crippen molar-refractivity contribution in [3.63, 3.8) is 0 Å². The lowest BCUT2D eigenvalue weighted by Gasteiger charge is -2.23. The quantitative estimate of drug-likeness (QED) is 0.833. The average Bonchev–Trinajstić information content (AvgIpc) is 2.83. The summed E-state index contributed by atoms with van der Waals surface area (Å²) < 4.78 is 0. The zero-order valence-corrected chi connectivity index (χ0v) is 14.4. The molecule has 1 aliphatic rings. The Morgan fingerprint density at radius 1 is 0.917 bits per heavy atom. The molecule has 1 aliphatic heterocycles. The molecule has 0 aromatic carbocycles. The predicted octanol–water partition coefficient (Wildman–Crippen LogP) is 1.54. The van der Waals surface area contributed by atoms with E-state index in [-0.39, 0.29) is 5.91 Å². The first-order valence-corrected chi connectivity index (χ1v) is 8.17. The molecule has 7 heteroatoms. The van der Waals surface area contributed by atoms with Gasteiger partial charge in [0.25, 0.3) is 5.91 Å².